The summed E-state index contributed by atoms with van der Waals surface area (Å²) in [5.41, 5.74) is 1.71. The van der Waals surface area contributed by atoms with Crippen LogP contribution in [-0.4, -0.2) is 20.3 Å². The van der Waals surface area contributed by atoms with Crippen molar-refractivity contribution in [3.63, 3.8) is 0 Å². The quantitative estimate of drug-likeness (QED) is 0.721. The van der Waals surface area contributed by atoms with Gasteiger partial charge in [-0.2, -0.15) is 5.26 Å². The van der Waals surface area contributed by atoms with E-state index >= 15 is 0 Å². The van der Waals surface area contributed by atoms with E-state index in [1.165, 1.54) is 5.56 Å². The van der Waals surface area contributed by atoms with E-state index in [1.54, 1.807) is 25.3 Å². The van der Waals surface area contributed by atoms with Crippen LogP contribution in [0.3, 0.4) is 0 Å². The summed E-state index contributed by atoms with van der Waals surface area (Å²) < 4.78 is 16.7. The minimum absolute atomic E-state index is 0.373. The third kappa shape index (κ3) is 4.40. The lowest BCUT2D eigenvalue weighted by molar-refractivity contribution is 0.210. The number of methoxy groups -OCH3 is 1. The zero-order chi connectivity index (χ0) is 16.7. The van der Waals surface area contributed by atoms with Crippen LogP contribution < -0.4 is 14.2 Å². The molecule has 2 aromatic rings. The Hall–Kier alpha value is -2.67. The maximum absolute atomic E-state index is 8.96. The number of nitriles is 1. The van der Waals surface area contributed by atoms with Crippen LogP contribution in [0.5, 0.6) is 17.2 Å². The topological polar surface area (TPSA) is 51.5 Å². The van der Waals surface area contributed by atoms with E-state index < -0.39 is 0 Å². The Morgan fingerprint density at radius 3 is 2.30 bits per heavy atom. The lowest BCUT2D eigenvalue weighted by Crippen LogP contribution is -2.10. The summed E-state index contributed by atoms with van der Waals surface area (Å²) in [4.78, 5) is 0. The zero-order valence-corrected chi connectivity index (χ0v) is 13.7. The fourth-order valence-corrected chi connectivity index (χ4v) is 2.25. The monoisotopic (exact) mass is 311 g/mol. The third-order valence-corrected chi connectivity index (χ3v) is 3.43. The molecule has 0 spiro atoms. The Kier molecular flexibility index (Phi) is 5.87. The van der Waals surface area contributed by atoms with E-state index in [2.05, 4.69) is 26.0 Å². The molecule has 0 heterocycles. The van der Waals surface area contributed by atoms with Crippen LogP contribution in [0, 0.1) is 11.3 Å². The van der Waals surface area contributed by atoms with Gasteiger partial charge in [-0.25, -0.2) is 0 Å². The van der Waals surface area contributed by atoms with E-state index in [0.717, 1.165) is 5.75 Å². The summed E-state index contributed by atoms with van der Waals surface area (Å²) in [7, 11) is 1.57. The minimum atomic E-state index is 0.373. The second-order valence-electron chi connectivity index (χ2n) is 5.37. The zero-order valence-electron chi connectivity index (χ0n) is 13.7. The van der Waals surface area contributed by atoms with Crippen LogP contribution in [0.25, 0.3) is 0 Å². The summed E-state index contributed by atoms with van der Waals surface area (Å²) in [6, 6.07) is 15.2. The standard InChI is InChI=1S/C19H21NO3/c1-14(2)16-6-4-5-7-17(16)22-10-11-23-19-12-15(13-20)8-9-18(19)21-3/h4-9,12,14H,10-11H2,1-3H3. The first-order valence-electron chi connectivity index (χ1n) is 7.58. The molecule has 0 amide bonds. The van der Waals surface area contributed by atoms with Crippen LogP contribution in [-0.2, 0) is 0 Å². The molecule has 23 heavy (non-hydrogen) atoms. The summed E-state index contributed by atoms with van der Waals surface area (Å²) >= 11 is 0. The molecule has 120 valence electrons. The maximum Gasteiger partial charge on any atom is 0.162 e. The number of rotatable bonds is 7. The first-order valence-corrected chi connectivity index (χ1v) is 7.58. The summed E-state index contributed by atoms with van der Waals surface area (Å²) in [5.74, 6) is 2.43. The van der Waals surface area contributed by atoms with Gasteiger partial charge in [0.05, 0.1) is 18.7 Å². The third-order valence-electron chi connectivity index (χ3n) is 3.43. The molecule has 0 aliphatic carbocycles. The van der Waals surface area contributed by atoms with Crippen molar-refractivity contribution in [3.8, 4) is 23.3 Å². The fraction of sp³-hybridized carbons (Fsp3) is 0.316. The largest absolute Gasteiger partial charge is 0.493 e. The van der Waals surface area contributed by atoms with Crippen molar-refractivity contribution in [1.29, 1.82) is 5.26 Å². The molecule has 4 heteroatoms. The second kappa shape index (κ2) is 8.09. The molecule has 0 aliphatic heterocycles. The predicted molar refractivity (Wildman–Crippen MR) is 89.2 cm³/mol. The van der Waals surface area contributed by atoms with Gasteiger partial charge in [0.1, 0.15) is 19.0 Å². The van der Waals surface area contributed by atoms with E-state index in [9.17, 15) is 0 Å². The van der Waals surface area contributed by atoms with Crippen LogP contribution in [0.1, 0.15) is 30.9 Å². The molecular weight excluding hydrogens is 290 g/mol. The second-order valence-corrected chi connectivity index (χ2v) is 5.37. The number of ether oxygens (including phenoxy) is 3. The van der Waals surface area contributed by atoms with Gasteiger partial charge in [-0.15, -0.1) is 0 Å². The number of hydrogen-bond acceptors (Lipinski definition) is 4. The molecule has 0 aliphatic rings. The lowest BCUT2D eigenvalue weighted by Gasteiger charge is -2.15. The minimum Gasteiger partial charge on any atom is -0.493 e. The summed E-state index contributed by atoms with van der Waals surface area (Å²) in [6.07, 6.45) is 0. The molecule has 2 rings (SSSR count). The first kappa shape index (κ1) is 16.7. The number of hydrogen-bond donors (Lipinski definition) is 0. The van der Waals surface area contributed by atoms with E-state index in [1.807, 2.05) is 18.2 Å². The van der Waals surface area contributed by atoms with Crippen LogP contribution in [0.2, 0.25) is 0 Å². The van der Waals surface area contributed by atoms with Crippen molar-refractivity contribution in [3.05, 3.63) is 53.6 Å². The average Bonchev–Trinajstić information content (AvgIpc) is 2.58. The Bertz CT molecular complexity index is 689. The van der Waals surface area contributed by atoms with Crippen molar-refractivity contribution in [2.75, 3.05) is 20.3 Å². The van der Waals surface area contributed by atoms with E-state index in [4.69, 9.17) is 19.5 Å². The number of benzene rings is 2. The van der Waals surface area contributed by atoms with Crippen LogP contribution >= 0.6 is 0 Å². The maximum atomic E-state index is 8.96. The van der Waals surface area contributed by atoms with Gasteiger partial charge < -0.3 is 14.2 Å². The Balaban J connectivity index is 1.95. The van der Waals surface area contributed by atoms with Crippen molar-refractivity contribution in [1.82, 2.24) is 0 Å². The normalized spacial score (nSPS) is 10.2. The molecule has 0 unspecified atom stereocenters. The van der Waals surface area contributed by atoms with Gasteiger partial charge in [-0.3, -0.25) is 0 Å². The smallest absolute Gasteiger partial charge is 0.162 e. The summed E-state index contributed by atoms with van der Waals surface area (Å²) in [6.45, 7) is 5.06. The van der Waals surface area contributed by atoms with E-state index in [-0.39, 0.29) is 0 Å². The SMILES string of the molecule is COc1ccc(C#N)cc1OCCOc1ccccc1C(C)C. The average molecular weight is 311 g/mol. The molecule has 0 N–H and O–H groups in total. The first-order chi connectivity index (χ1) is 11.2. The van der Waals surface area contributed by atoms with Gasteiger partial charge in [0.2, 0.25) is 0 Å². The highest BCUT2D eigenvalue weighted by atomic mass is 16.5. The van der Waals surface area contributed by atoms with Crippen molar-refractivity contribution < 1.29 is 14.2 Å². The van der Waals surface area contributed by atoms with Gasteiger partial charge in [0.15, 0.2) is 11.5 Å². The summed E-state index contributed by atoms with van der Waals surface area (Å²) in [5, 5.41) is 8.96. The van der Waals surface area contributed by atoms with Gasteiger partial charge in [-0.1, -0.05) is 32.0 Å². The van der Waals surface area contributed by atoms with E-state index in [0.29, 0.717) is 36.2 Å². The van der Waals surface area contributed by atoms with Crippen molar-refractivity contribution >= 4 is 0 Å². The van der Waals surface area contributed by atoms with Crippen molar-refractivity contribution in [2.45, 2.75) is 19.8 Å². The number of nitrogens with zero attached hydrogens (tertiary/aromatic N) is 1. The molecule has 0 radical (unpaired) electrons. The van der Waals surface area contributed by atoms with Crippen molar-refractivity contribution in [2.24, 2.45) is 0 Å². The number of para-hydroxylation sites is 1. The lowest BCUT2D eigenvalue weighted by atomic mass is 10.0. The molecule has 0 saturated heterocycles. The molecule has 0 atom stereocenters. The highest BCUT2D eigenvalue weighted by molar-refractivity contribution is 5.46. The molecule has 2 aromatic carbocycles. The van der Waals surface area contributed by atoms with Gasteiger partial charge in [-0.05, 0) is 29.7 Å². The molecule has 0 saturated carbocycles. The highest BCUT2D eigenvalue weighted by Gasteiger charge is 2.08. The molecule has 4 nitrogen and oxygen atoms in total. The molecular formula is C19H21NO3. The predicted octanol–water partition coefficient (Wildman–Crippen LogP) is 4.15. The highest BCUT2D eigenvalue weighted by Crippen LogP contribution is 2.28. The van der Waals surface area contributed by atoms with Gasteiger partial charge in [0, 0.05) is 6.07 Å². The van der Waals surface area contributed by atoms with Crippen LogP contribution in [0.4, 0.5) is 0 Å². The fourth-order valence-electron chi connectivity index (χ4n) is 2.25. The van der Waals surface area contributed by atoms with Gasteiger partial charge >= 0.3 is 0 Å². The Morgan fingerprint density at radius 1 is 0.957 bits per heavy atom. The van der Waals surface area contributed by atoms with Gasteiger partial charge in [0.25, 0.3) is 0 Å². The molecule has 0 bridgehead atoms. The Morgan fingerprint density at radius 2 is 1.65 bits per heavy atom. The van der Waals surface area contributed by atoms with Crippen LogP contribution in [0.15, 0.2) is 42.5 Å². The Labute approximate surface area is 137 Å². The molecule has 0 aromatic heterocycles. The molecule has 0 fully saturated rings.